The van der Waals surface area contributed by atoms with Gasteiger partial charge in [-0.2, -0.15) is 13.2 Å². The lowest BCUT2D eigenvalue weighted by Crippen LogP contribution is -2.15. The molecule has 1 fully saturated rings. The average Bonchev–Trinajstić information content (AvgIpc) is 3.10. The molecule has 3 rings (SSSR count). The molecule has 2 aromatic rings. The Hall–Kier alpha value is -2.93. The summed E-state index contributed by atoms with van der Waals surface area (Å²) in [6.07, 6.45) is 0.439. The zero-order chi connectivity index (χ0) is 23.3. The van der Waals surface area contributed by atoms with Crippen molar-refractivity contribution in [3.63, 3.8) is 0 Å². The van der Waals surface area contributed by atoms with Crippen LogP contribution < -0.4 is 0 Å². The predicted octanol–water partition coefficient (Wildman–Crippen LogP) is 5.09. The van der Waals surface area contributed by atoms with Crippen molar-refractivity contribution in [2.24, 2.45) is 11.8 Å². The Morgan fingerprint density at radius 1 is 1.12 bits per heavy atom. The van der Waals surface area contributed by atoms with Gasteiger partial charge in [-0.05, 0) is 54.5 Å². The number of ketones is 1. The minimum absolute atomic E-state index is 0.0306. The molecule has 1 saturated carbocycles. The topological polar surface area (TPSA) is 74.6 Å². The molecule has 2 aromatic carbocycles. The Morgan fingerprint density at radius 2 is 1.84 bits per heavy atom. The van der Waals surface area contributed by atoms with E-state index in [1.807, 2.05) is 0 Å². The van der Waals surface area contributed by atoms with E-state index in [1.54, 1.807) is 30.4 Å². The fourth-order valence-corrected chi connectivity index (χ4v) is 4.13. The third kappa shape index (κ3) is 6.29. The van der Waals surface area contributed by atoms with Crippen LogP contribution in [0.1, 0.15) is 46.3 Å². The Balaban J connectivity index is 1.58. The molecule has 0 aromatic heterocycles. The van der Waals surface area contributed by atoms with E-state index in [0.717, 1.165) is 17.7 Å². The number of benzene rings is 2. The number of hydrogen-bond acceptors (Lipinski definition) is 3. The van der Waals surface area contributed by atoms with Crippen molar-refractivity contribution in [3.05, 3.63) is 82.9 Å². The lowest BCUT2D eigenvalue weighted by atomic mass is 9.88. The van der Waals surface area contributed by atoms with Gasteiger partial charge in [0.05, 0.1) is 17.2 Å². The lowest BCUT2D eigenvalue weighted by Gasteiger charge is -2.16. The maximum atomic E-state index is 12.9. The molecule has 2 N–H and O–H groups in total. The first-order valence-corrected chi connectivity index (χ1v) is 10.5. The van der Waals surface area contributed by atoms with Gasteiger partial charge in [0.25, 0.3) is 0 Å². The summed E-state index contributed by atoms with van der Waals surface area (Å²) in [6.45, 7) is 0. The number of rotatable bonds is 8. The number of halogens is 3. The van der Waals surface area contributed by atoms with Crippen LogP contribution in [0.5, 0.6) is 0 Å². The number of carbonyl (C=O) groups excluding carboxylic acids is 1. The SMILES string of the molecule is O=C(O)c1ccc(CCC2C(=O)CCC2C=CC(O)Cc2cccc(C(F)(F)F)c2)cc1. The summed E-state index contributed by atoms with van der Waals surface area (Å²) >= 11 is 0. The van der Waals surface area contributed by atoms with Gasteiger partial charge in [0.2, 0.25) is 0 Å². The summed E-state index contributed by atoms with van der Waals surface area (Å²) < 4.78 is 38.6. The lowest BCUT2D eigenvalue weighted by molar-refractivity contribution is -0.137. The van der Waals surface area contributed by atoms with E-state index in [0.29, 0.717) is 31.2 Å². The molecule has 0 heterocycles. The van der Waals surface area contributed by atoms with Crippen LogP contribution in [-0.4, -0.2) is 28.1 Å². The fourth-order valence-electron chi connectivity index (χ4n) is 4.13. The summed E-state index contributed by atoms with van der Waals surface area (Å²) in [6, 6.07) is 11.5. The summed E-state index contributed by atoms with van der Waals surface area (Å²) in [5.41, 5.74) is 0.799. The van der Waals surface area contributed by atoms with Crippen molar-refractivity contribution in [2.75, 3.05) is 0 Å². The van der Waals surface area contributed by atoms with Crippen molar-refractivity contribution < 1.29 is 33.0 Å². The molecule has 1 aliphatic rings. The summed E-state index contributed by atoms with van der Waals surface area (Å²) in [4.78, 5) is 23.3. The number of carboxylic acid groups (broad SMARTS) is 1. The molecule has 3 atom stereocenters. The third-order valence-electron chi connectivity index (χ3n) is 5.88. The zero-order valence-corrected chi connectivity index (χ0v) is 17.4. The number of allylic oxidation sites excluding steroid dienone is 1. The number of aliphatic hydroxyl groups excluding tert-OH is 1. The molecule has 3 unspecified atom stereocenters. The summed E-state index contributed by atoms with van der Waals surface area (Å²) in [5.74, 6) is -1.05. The molecular formula is C25H25F3O4. The van der Waals surface area contributed by atoms with Crippen molar-refractivity contribution in [1.29, 1.82) is 0 Å². The van der Waals surface area contributed by atoms with Crippen molar-refractivity contribution in [1.82, 2.24) is 0 Å². The van der Waals surface area contributed by atoms with E-state index in [9.17, 15) is 27.9 Å². The van der Waals surface area contributed by atoms with Crippen LogP contribution in [0.4, 0.5) is 13.2 Å². The number of carboxylic acids is 1. The quantitative estimate of drug-likeness (QED) is 0.554. The number of aliphatic hydroxyl groups is 1. The standard InChI is InChI=1S/C25H25F3O4/c26-25(27,28)20-3-1-2-17(14-20)15-21(29)11-9-18-10-13-23(30)22(18)12-6-16-4-7-19(8-5-16)24(31)32/h1-5,7-9,11,14,18,21-22,29H,6,10,12-13,15H2,(H,31,32). The molecule has 7 heteroatoms. The fraction of sp³-hybridized carbons (Fsp3) is 0.360. The molecule has 0 spiro atoms. The Bertz CT molecular complexity index is 979. The highest BCUT2D eigenvalue weighted by atomic mass is 19.4. The molecule has 32 heavy (non-hydrogen) atoms. The van der Waals surface area contributed by atoms with Crippen molar-refractivity contribution in [2.45, 2.75) is 44.4 Å². The van der Waals surface area contributed by atoms with Crippen LogP contribution in [-0.2, 0) is 23.8 Å². The monoisotopic (exact) mass is 446 g/mol. The number of carbonyl (C=O) groups is 2. The summed E-state index contributed by atoms with van der Waals surface area (Å²) in [5, 5.41) is 19.3. The molecule has 1 aliphatic carbocycles. The van der Waals surface area contributed by atoms with Crippen LogP contribution >= 0.6 is 0 Å². The van der Waals surface area contributed by atoms with E-state index in [2.05, 4.69) is 0 Å². The first-order chi connectivity index (χ1) is 15.1. The van der Waals surface area contributed by atoms with E-state index in [1.165, 1.54) is 18.2 Å². The van der Waals surface area contributed by atoms with Gasteiger partial charge in [-0.1, -0.05) is 42.5 Å². The van der Waals surface area contributed by atoms with E-state index in [4.69, 9.17) is 5.11 Å². The van der Waals surface area contributed by atoms with Gasteiger partial charge < -0.3 is 10.2 Å². The van der Waals surface area contributed by atoms with Gasteiger partial charge in [-0.15, -0.1) is 0 Å². The molecular weight excluding hydrogens is 421 g/mol. The van der Waals surface area contributed by atoms with E-state index < -0.39 is 23.8 Å². The molecule has 4 nitrogen and oxygen atoms in total. The first-order valence-electron chi connectivity index (χ1n) is 10.5. The Morgan fingerprint density at radius 3 is 2.50 bits per heavy atom. The number of aryl methyl sites for hydroxylation is 1. The normalized spacial score (nSPS) is 20.1. The Kier molecular flexibility index (Phi) is 7.51. The average molecular weight is 446 g/mol. The van der Waals surface area contributed by atoms with E-state index in [-0.39, 0.29) is 29.6 Å². The van der Waals surface area contributed by atoms with Gasteiger partial charge in [0.1, 0.15) is 5.78 Å². The Labute approximate surface area is 184 Å². The van der Waals surface area contributed by atoms with Crippen LogP contribution in [0, 0.1) is 11.8 Å². The molecule has 170 valence electrons. The van der Waals surface area contributed by atoms with E-state index >= 15 is 0 Å². The van der Waals surface area contributed by atoms with Crippen LogP contribution in [0.3, 0.4) is 0 Å². The van der Waals surface area contributed by atoms with Gasteiger partial charge in [-0.3, -0.25) is 4.79 Å². The predicted molar refractivity (Wildman–Crippen MR) is 113 cm³/mol. The molecule has 0 radical (unpaired) electrons. The highest BCUT2D eigenvalue weighted by Crippen LogP contribution is 2.34. The second-order valence-electron chi connectivity index (χ2n) is 8.17. The maximum absolute atomic E-state index is 12.9. The number of alkyl halides is 3. The highest BCUT2D eigenvalue weighted by Gasteiger charge is 2.33. The van der Waals surface area contributed by atoms with Gasteiger partial charge in [0.15, 0.2) is 0 Å². The minimum atomic E-state index is -4.43. The van der Waals surface area contributed by atoms with Gasteiger partial charge in [-0.25, -0.2) is 4.79 Å². The summed E-state index contributed by atoms with van der Waals surface area (Å²) in [7, 11) is 0. The molecule has 0 aliphatic heterocycles. The van der Waals surface area contributed by atoms with Crippen LogP contribution in [0.25, 0.3) is 0 Å². The van der Waals surface area contributed by atoms with Gasteiger partial charge >= 0.3 is 12.1 Å². The third-order valence-corrected chi connectivity index (χ3v) is 5.88. The maximum Gasteiger partial charge on any atom is 0.416 e. The van der Waals surface area contributed by atoms with Gasteiger partial charge in [0, 0.05) is 18.8 Å². The molecule has 0 bridgehead atoms. The zero-order valence-electron chi connectivity index (χ0n) is 17.4. The van der Waals surface area contributed by atoms with Crippen LogP contribution in [0.2, 0.25) is 0 Å². The van der Waals surface area contributed by atoms with Crippen molar-refractivity contribution in [3.8, 4) is 0 Å². The highest BCUT2D eigenvalue weighted by molar-refractivity contribution is 5.87. The van der Waals surface area contributed by atoms with Crippen molar-refractivity contribution >= 4 is 11.8 Å². The first kappa shape index (κ1) is 23.7. The molecule has 0 amide bonds. The largest absolute Gasteiger partial charge is 0.478 e. The number of Topliss-reactive ketones (excluding diaryl/α,β-unsaturated/α-hetero) is 1. The number of aromatic carboxylic acids is 1. The molecule has 0 saturated heterocycles. The second kappa shape index (κ2) is 10.1. The second-order valence-corrected chi connectivity index (χ2v) is 8.17. The van der Waals surface area contributed by atoms with Crippen LogP contribution in [0.15, 0.2) is 60.7 Å². The smallest absolute Gasteiger partial charge is 0.416 e. The minimum Gasteiger partial charge on any atom is -0.478 e. The number of hydrogen-bond donors (Lipinski definition) is 2.